The summed E-state index contributed by atoms with van der Waals surface area (Å²) in [5.41, 5.74) is 4.37. The zero-order valence-electron chi connectivity index (χ0n) is 15.2. The third-order valence-corrected chi connectivity index (χ3v) is 4.75. The molecule has 0 radical (unpaired) electrons. The maximum absolute atomic E-state index is 13.6. The molecule has 2 fully saturated rings. The molecule has 3 rings (SSSR count). The molecule has 1 saturated heterocycles. The first-order chi connectivity index (χ1) is 13.3. The molecule has 1 saturated carbocycles. The highest BCUT2D eigenvalue weighted by atomic mass is 19.4. The standard InChI is InChI=1S/C18H23F3N4O3/c19-18(20,21)13-7-12(3-4-15(13)25-5-6-28-10-16(25)26)24-17(27)14(8-22)23-9-11-1-2-11/h3-4,7,11,14,23H,1-2,5-6,8-10,22H2,(H,24,27)/t14-/m0/s1. The van der Waals surface area contributed by atoms with Crippen LogP contribution < -0.4 is 21.3 Å². The molecule has 2 amide bonds. The van der Waals surface area contributed by atoms with Crippen molar-refractivity contribution < 1.29 is 27.5 Å². The van der Waals surface area contributed by atoms with Crippen molar-refractivity contribution in [1.29, 1.82) is 0 Å². The van der Waals surface area contributed by atoms with Gasteiger partial charge in [0.25, 0.3) is 5.91 Å². The van der Waals surface area contributed by atoms with Crippen LogP contribution in [-0.4, -0.2) is 50.7 Å². The topological polar surface area (TPSA) is 96.7 Å². The second-order valence-electron chi connectivity index (χ2n) is 6.96. The third kappa shape index (κ3) is 5.00. The van der Waals surface area contributed by atoms with Gasteiger partial charge in [0.15, 0.2) is 0 Å². The van der Waals surface area contributed by atoms with Crippen LogP contribution >= 0.6 is 0 Å². The van der Waals surface area contributed by atoms with E-state index in [2.05, 4.69) is 10.6 Å². The largest absolute Gasteiger partial charge is 0.418 e. The minimum Gasteiger partial charge on any atom is -0.370 e. The average molecular weight is 400 g/mol. The lowest BCUT2D eigenvalue weighted by Crippen LogP contribution is -2.46. The number of halogens is 3. The normalized spacial score (nSPS) is 18.9. The Bertz CT molecular complexity index is 737. The molecule has 7 nitrogen and oxygen atoms in total. The molecule has 1 aromatic rings. The number of carbonyl (C=O) groups excluding carboxylic acids is 2. The first-order valence-electron chi connectivity index (χ1n) is 9.13. The van der Waals surface area contributed by atoms with Crippen molar-refractivity contribution in [2.45, 2.75) is 25.1 Å². The zero-order chi connectivity index (χ0) is 20.3. The summed E-state index contributed by atoms with van der Waals surface area (Å²) >= 11 is 0. The van der Waals surface area contributed by atoms with Crippen LogP contribution in [0.3, 0.4) is 0 Å². The number of nitrogens with zero attached hydrogens (tertiary/aromatic N) is 1. The van der Waals surface area contributed by atoms with Gasteiger partial charge in [0.2, 0.25) is 5.91 Å². The second-order valence-corrected chi connectivity index (χ2v) is 6.96. The fourth-order valence-corrected chi connectivity index (χ4v) is 2.99. The van der Waals surface area contributed by atoms with Gasteiger partial charge in [0.1, 0.15) is 6.61 Å². The van der Waals surface area contributed by atoms with E-state index in [4.69, 9.17) is 10.5 Å². The van der Waals surface area contributed by atoms with E-state index in [1.165, 1.54) is 12.1 Å². The van der Waals surface area contributed by atoms with Crippen LogP contribution in [0.4, 0.5) is 24.5 Å². The Hall–Kier alpha value is -2.17. The molecule has 1 aliphatic carbocycles. The molecule has 2 aliphatic rings. The molecule has 0 spiro atoms. The van der Waals surface area contributed by atoms with Crippen LogP contribution in [0, 0.1) is 5.92 Å². The highest BCUT2D eigenvalue weighted by Gasteiger charge is 2.37. The molecule has 1 atom stereocenters. The summed E-state index contributed by atoms with van der Waals surface area (Å²) < 4.78 is 45.7. The quantitative estimate of drug-likeness (QED) is 0.642. The van der Waals surface area contributed by atoms with Gasteiger partial charge in [0.05, 0.1) is 23.9 Å². The molecule has 1 heterocycles. The van der Waals surface area contributed by atoms with E-state index >= 15 is 0 Å². The molecule has 0 aromatic heterocycles. The summed E-state index contributed by atoms with van der Waals surface area (Å²) in [6, 6.07) is 2.69. The van der Waals surface area contributed by atoms with Gasteiger partial charge in [-0.25, -0.2) is 0 Å². The number of alkyl halides is 3. The van der Waals surface area contributed by atoms with Gasteiger partial charge in [-0.3, -0.25) is 9.59 Å². The highest BCUT2D eigenvalue weighted by molar-refractivity contribution is 5.98. The number of rotatable bonds is 7. The molecule has 28 heavy (non-hydrogen) atoms. The third-order valence-electron chi connectivity index (χ3n) is 4.75. The van der Waals surface area contributed by atoms with Gasteiger partial charge in [-0.1, -0.05) is 0 Å². The lowest BCUT2D eigenvalue weighted by atomic mass is 10.1. The zero-order valence-corrected chi connectivity index (χ0v) is 15.2. The minimum absolute atomic E-state index is 0.00606. The summed E-state index contributed by atoms with van der Waals surface area (Å²) in [5.74, 6) is -0.503. The Morgan fingerprint density at radius 3 is 2.71 bits per heavy atom. The second kappa shape index (κ2) is 8.46. The lowest BCUT2D eigenvalue weighted by Gasteiger charge is -2.29. The van der Waals surface area contributed by atoms with Gasteiger partial charge in [-0.05, 0) is 43.5 Å². The van der Waals surface area contributed by atoms with E-state index in [0.29, 0.717) is 12.5 Å². The number of benzene rings is 1. The van der Waals surface area contributed by atoms with E-state index in [-0.39, 0.29) is 37.7 Å². The Kier molecular flexibility index (Phi) is 6.21. The first kappa shape index (κ1) is 20.6. The number of nitrogens with two attached hydrogens (primary N) is 1. The lowest BCUT2D eigenvalue weighted by molar-refractivity contribution is -0.137. The van der Waals surface area contributed by atoms with Crippen molar-refractivity contribution in [3.05, 3.63) is 23.8 Å². The van der Waals surface area contributed by atoms with E-state index in [0.717, 1.165) is 23.8 Å². The van der Waals surface area contributed by atoms with Crippen molar-refractivity contribution in [2.24, 2.45) is 11.7 Å². The number of hydrogen-bond acceptors (Lipinski definition) is 5. The van der Waals surface area contributed by atoms with E-state index in [1.807, 2.05) is 0 Å². The number of nitrogens with one attached hydrogen (secondary N) is 2. The summed E-state index contributed by atoms with van der Waals surface area (Å²) in [5, 5.41) is 5.52. The maximum atomic E-state index is 13.6. The van der Waals surface area contributed by atoms with E-state index in [9.17, 15) is 22.8 Å². The summed E-state index contributed by atoms with van der Waals surface area (Å²) in [7, 11) is 0. The van der Waals surface area contributed by atoms with Crippen LogP contribution in [-0.2, 0) is 20.5 Å². The molecule has 4 N–H and O–H groups in total. The molecule has 1 aromatic carbocycles. The fourth-order valence-electron chi connectivity index (χ4n) is 2.99. The number of morpholine rings is 1. The summed E-state index contributed by atoms with van der Waals surface area (Å²) in [4.78, 5) is 25.4. The van der Waals surface area contributed by atoms with Crippen LogP contribution in [0.15, 0.2) is 18.2 Å². The number of anilines is 2. The molecular formula is C18H23F3N4O3. The fraction of sp³-hybridized carbons (Fsp3) is 0.556. The number of hydrogen-bond donors (Lipinski definition) is 3. The Morgan fingerprint density at radius 2 is 2.11 bits per heavy atom. The van der Waals surface area contributed by atoms with Gasteiger partial charge >= 0.3 is 6.18 Å². The van der Waals surface area contributed by atoms with Gasteiger partial charge in [-0.2, -0.15) is 13.2 Å². The minimum atomic E-state index is -4.69. The van der Waals surface area contributed by atoms with Crippen LogP contribution in [0.25, 0.3) is 0 Å². The first-order valence-corrected chi connectivity index (χ1v) is 9.13. The van der Waals surface area contributed by atoms with E-state index in [1.54, 1.807) is 0 Å². The predicted molar refractivity (Wildman–Crippen MR) is 96.8 cm³/mol. The predicted octanol–water partition coefficient (Wildman–Crippen LogP) is 1.33. The summed E-state index contributed by atoms with van der Waals surface area (Å²) in [6.07, 6.45) is -2.49. The van der Waals surface area contributed by atoms with Gasteiger partial charge in [0, 0.05) is 18.8 Å². The Balaban J connectivity index is 1.78. The molecule has 0 bridgehead atoms. The smallest absolute Gasteiger partial charge is 0.370 e. The molecule has 1 aliphatic heterocycles. The van der Waals surface area contributed by atoms with Crippen molar-refractivity contribution >= 4 is 23.2 Å². The molecular weight excluding hydrogens is 377 g/mol. The summed E-state index contributed by atoms with van der Waals surface area (Å²) in [6.45, 7) is 0.618. The van der Waals surface area contributed by atoms with Crippen molar-refractivity contribution in [2.75, 3.05) is 43.1 Å². The van der Waals surface area contributed by atoms with Crippen molar-refractivity contribution in [3.63, 3.8) is 0 Å². The van der Waals surface area contributed by atoms with E-state index < -0.39 is 29.6 Å². The Labute approximate surface area is 160 Å². The average Bonchev–Trinajstić information content (AvgIpc) is 3.46. The number of carbonyl (C=O) groups is 2. The van der Waals surface area contributed by atoms with Gasteiger partial charge < -0.3 is 26.0 Å². The molecule has 10 heteroatoms. The molecule has 0 unspecified atom stereocenters. The number of amides is 2. The van der Waals surface area contributed by atoms with Crippen molar-refractivity contribution in [3.8, 4) is 0 Å². The SMILES string of the molecule is NC[C@H](NCC1CC1)C(=O)Nc1ccc(N2CCOCC2=O)c(C(F)(F)F)c1. The van der Waals surface area contributed by atoms with Gasteiger partial charge in [-0.15, -0.1) is 0 Å². The Morgan fingerprint density at radius 1 is 1.36 bits per heavy atom. The maximum Gasteiger partial charge on any atom is 0.418 e. The number of ether oxygens (including phenoxy) is 1. The van der Waals surface area contributed by atoms with Crippen molar-refractivity contribution in [1.82, 2.24) is 5.32 Å². The molecule has 154 valence electrons. The monoisotopic (exact) mass is 400 g/mol. The highest BCUT2D eigenvalue weighted by Crippen LogP contribution is 2.38. The van der Waals surface area contributed by atoms with Crippen LogP contribution in [0.2, 0.25) is 0 Å². The van der Waals surface area contributed by atoms with Crippen LogP contribution in [0.5, 0.6) is 0 Å². The van der Waals surface area contributed by atoms with Crippen LogP contribution in [0.1, 0.15) is 18.4 Å².